The van der Waals surface area contributed by atoms with Crippen LogP contribution in [0.25, 0.3) is 0 Å². The van der Waals surface area contributed by atoms with Crippen molar-refractivity contribution in [3.05, 3.63) is 23.5 Å². The Balaban J connectivity index is 2.67. The second-order valence-corrected chi connectivity index (χ2v) is 3.06. The van der Waals surface area contributed by atoms with E-state index in [4.69, 9.17) is 9.84 Å². The predicted molar refractivity (Wildman–Crippen MR) is 55.3 cm³/mol. The summed E-state index contributed by atoms with van der Waals surface area (Å²) >= 11 is 0. The zero-order chi connectivity index (χ0) is 10.4. The molecular weight excluding hydrogens is 180 g/mol. The van der Waals surface area contributed by atoms with Crippen molar-refractivity contribution < 1.29 is 9.84 Å². The summed E-state index contributed by atoms with van der Waals surface area (Å²) in [7, 11) is 1.66. The van der Waals surface area contributed by atoms with Crippen molar-refractivity contribution in [1.29, 1.82) is 0 Å². The Morgan fingerprint density at radius 1 is 1.57 bits per heavy atom. The molecule has 1 aromatic heterocycles. The second kappa shape index (κ2) is 5.57. The standard InChI is InChI=1S/C10H16N2O2/c1-8-5-10(11-3-4-14-2)9(7-13)6-12-8/h5-6,13H,3-4,7H2,1-2H3,(H,11,12). The highest BCUT2D eigenvalue weighted by molar-refractivity contribution is 5.50. The molecule has 2 N–H and O–H groups in total. The fraction of sp³-hybridized carbons (Fsp3) is 0.500. The van der Waals surface area contributed by atoms with E-state index in [2.05, 4.69) is 10.3 Å². The van der Waals surface area contributed by atoms with Gasteiger partial charge < -0.3 is 15.2 Å². The smallest absolute Gasteiger partial charge is 0.0717 e. The summed E-state index contributed by atoms with van der Waals surface area (Å²) in [5.74, 6) is 0. The maximum Gasteiger partial charge on any atom is 0.0717 e. The third-order valence-electron chi connectivity index (χ3n) is 1.92. The highest BCUT2D eigenvalue weighted by Gasteiger charge is 2.01. The molecular formula is C10H16N2O2. The molecule has 0 unspecified atom stereocenters. The molecule has 0 saturated carbocycles. The Kier molecular flexibility index (Phi) is 4.35. The number of aryl methyl sites for hydroxylation is 1. The molecule has 0 aliphatic heterocycles. The minimum atomic E-state index is 0.00257. The van der Waals surface area contributed by atoms with Gasteiger partial charge in [-0.25, -0.2) is 0 Å². The number of pyridine rings is 1. The number of hydrogen-bond acceptors (Lipinski definition) is 4. The van der Waals surface area contributed by atoms with E-state index in [0.29, 0.717) is 6.61 Å². The Labute approximate surface area is 83.9 Å². The van der Waals surface area contributed by atoms with Gasteiger partial charge in [0.25, 0.3) is 0 Å². The van der Waals surface area contributed by atoms with E-state index in [0.717, 1.165) is 23.5 Å². The van der Waals surface area contributed by atoms with Gasteiger partial charge in [0.05, 0.1) is 13.2 Å². The molecule has 0 saturated heterocycles. The van der Waals surface area contributed by atoms with E-state index < -0.39 is 0 Å². The van der Waals surface area contributed by atoms with Crippen LogP contribution in [-0.4, -0.2) is 30.4 Å². The van der Waals surface area contributed by atoms with Crippen LogP contribution in [0, 0.1) is 6.92 Å². The average molecular weight is 196 g/mol. The molecule has 14 heavy (non-hydrogen) atoms. The van der Waals surface area contributed by atoms with Gasteiger partial charge in [-0.15, -0.1) is 0 Å². The first kappa shape index (κ1) is 10.9. The molecule has 0 radical (unpaired) electrons. The average Bonchev–Trinajstić information content (AvgIpc) is 2.19. The van der Waals surface area contributed by atoms with Crippen LogP contribution in [0.15, 0.2) is 12.3 Å². The van der Waals surface area contributed by atoms with Crippen molar-refractivity contribution in [3.63, 3.8) is 0 Å². The molecule has 1 aromatic rings. The molecule has 78 valence electrons. The van der Waals surface area contributed by atoms with Crippen molar-refractivity contribution in [2.75, 3.05) is 25.6 Å². The quantitative estimate of drug-likeness (QED) is 0.688. The van der Waals surface area contributed by atoms with E-state index in [1.165, 1.54) is 0 Å². The number of aliphatic hydroxyl groups excluding tert-OH is 1. The topological polar surface area (TPSA) is 54.4 Å². The molecule has 0 fully saturated rings. The van der Waals surface area contributed by atoms with Crippen molar-refractivity contribution in [2.45, 2.75) is 13.5 Å². The summed E-state index contributed by atoms with van der Waals surface area (Å²) in [4.78, 5) is 4.11. The number of anilines is 1. The molecule has 4 heteroatoms. The highest BCUT2D eigenvalue weighted by Crippen LogP contribution is 2.14. The molecule has 0 amide bonds. The maximum atomic E-state index is 9.05. The summed E-state index contributed by atoms with van der Waals surface area (Å²) in [6.45, 7) is 3.30. The molecule has 0 aromatic carbocycles. The number of rotatable bonds is 5. The van der Waals surface area contributed by atoms with Crippen LogP contribution in [-0.2, 0) is 11.3 Å². The first-order valence-corrected chi connectivity index (χ1v) is 4.57. The van der Waals surface area contributed by atoms with Gasteiger partial charge in [0.2, 0.25) is 0 Å². The lowest BCUT2D eigenvalue weighted by Gasteiger charge is -2.10. The normalized spacial score (nSPS) is 10.2. The summed E-state index contributed by atoms with van der Waals surface area (Å²) in [5, 5.41) is 12.2. The third kappa shape index (κ3) is 2.97. The van der Waals surface area contributed by atoms with Crippen LogP contribution in [0.2, 0.25) is 0 Å². The predicted octanol–water partition coefficient (Wildman–Crippen LogP) is 0.941. The van der Waals surface area contributed by atoms with Crippen molar-refractivity contribution in [2.24, 2.45) is 0 Å². The van der Waals surface area contributed by atoms with Gasteiger partial charge in [-0.3, -0.25) is 4.98 Å². The minimum absolute atomic E-state index is 0.00257. The van der Waals surface area contributed by atoms with Crippen LogP contribution in [0.5, 0.6) is 0 Å². The molecule has 4 nitrogen and oxygen atoms in total. The van der Waals surface area contributed by atoms with Gasteiger partial charge in [-0.2, -0.15) is 0 Å². The molecule has 0 aliphatic rings. The fourth-order valence-corrected chi connectivity index (χ4v) is 1.17. The number of nitrogens with one attached hydrogen (secondary N) is 1. The van der Waals surface area contributed by atoms with Crippen molar-refractivity contribution >= 4 is 5.69 Å². The molecule has 0 spiro atoms. The number of nitrogens with zero attached hydrogens (tertiary/aromatic N) is 1. The first-order valence-electron chi connectivity index (χ1n) is 4.57. The largest absolute Gasteiger partial charge is 0.392 e. The lowest BCUT2D eigenvalue weighted by atomic mass is 10.2. The molecule has 0 bridgehead atoms. The van der Waals surface area contributed by atoms with Gasteiger partial charge >= 0.3 is 0 Å². The Hall–Kier alpha value is -1.13. The molecule has 0 atom stereocenters. The first-order chi connectivity index (χ1) is 6.77. The summed E-state index contributed by atoms with van der Waals surface area (Å²) in [6, 6.07) is 1.92. The molecule has 0 aliphatic carbocycles. The molecule has 1 rings (SSSR count). The van der Waals surface area contributed by atoms with Gasteiger partial charge in [0.15, 0.2) is 0 Å². The Bertz CT molecular complexity index is 289. The van der Waals surface area contributed by atoms with Gasteiger partial charge in [-0.05, 0) is 13.0 Å². The van der Waals surface area contributed by atoms with Crippen LogP contribution < -0.4 is 5.32 Å². The number of hydrogen-bond donors (Lipinski definition) is 2. The van der Waals surface area contributed by atoms with Gasteiger partial charge in [0, 0.05) is 36.8 Å². The van der Waals surface area contributed by atoms with Crippen molar-refractivity contribution in [1.82, 2.24) is 4.98 Å². The lowest BCUT2D eigenvalue weighted by Crippen LogP contribution is -2.09. The van der Waals surface area contributed by atoms with Gasteiger partial charge in [-0.1, -0.05) is 0 Å². The van der Waals surface area contributed by atoms with E-state index in [-0.39, 0.29) is 6.61 Å². The van der Waals surface area contributed by atoms with E-state index in [1.54, 1.807) is 13.3 Å². The van der Waals surface area contributed by atoms with Crippen LogP contribution in [0.1, 0.15) is 11.3 Å². The Morgan fingerprint density at radius 3 is 3.00 bits per heavy atom. The number of ether oxygens (including phenoxy) is 1. The fourth-order valence-electron chi connectivity index (χ4n) is 1.17. The SMILES string of the molecule is COCCNc1cc(C)ncc1CO. The maximum absolute atomic E-state index is 9.05. The van der Waals surface area contributed by atoms with Crippen molar-refractivity contribution in [3.8, 4) is 0 Å². The number of methoxy groups -OCH3 is 1. The van der Waals surface area contributed by atoms with E-state index in [9.17, 15) is 0 Å². The third-order valence-corrected chi connectivity index (χ3v) is 1.92. The van der Waals surface area contributed by atoms with Crippen LogP contribution in [0.3, 0.4) is 0 Å². The summed E-state index contributed by atoms with van der Waals surface area (Å²) in [5.41, 5.74) is 2.67. The van der Waals surface area contributed by atoms with Crippen LogP contribution in [0.4, 0.5) is 5.69 Å². The monoisotopic (exact) mass is 196 g/mol. The lowest BCUT2D eigenvalue weighted by molar-refractivity contribution is 0.210. The summed E-state index contributed by atoms with van der Waals surface area (Å²) < 4.78 is 4.93. The Morgan fingerprint density at radius 2 is 2.36 bits per heavy atom. The zero-order valence-electron chi connectivity index (χ0n) is 8.58. The van der Waals surface area contributed by atoms with E-state index >= 15 is 0 Å². The highest BCUT2D eigenvalue weighted by atomic mass is 16.5. The number of aromatic nitrogens is 1. The van der Waals surface area contributed by atoms with Gasteiger partial charge in [0.1, 0.15) is 0 Å². The number of aliphatic hydroxyl groups is 1. The summed E-state index contributed by atoms with van der Waals surface area (Å²) in [6.07, 6.45) is 1.68. The second-order valence-electron chi connectivity index (χ2n) is 3.06. The van der Waals surface area contributed by atoms with E-state index in [1.807, 2.05) is 13.0 Å². The zero-order valence-corrected chi connectivity index (χ0v) is 8.58. The minimum Gasteiger partial charge on any atom is -0.392 e. The molecule has 1 heterocycles. The van der Waals surface area contributed by atoms with Crippen LogP contribution >= 0.6 is 0 Å².